The molecular formula is C7H15N3O. The maximum atomic E-state index is 5.43. The van der Waals surface area contributed by atoms with Gasteiger partial charge in [-0.3, -0.25) is 4.99 Å². The molecule has 1 fully saturated rings. The molecule has 0 aromatic heterocycles. The van der Waals surface area contributed by atoms with Crippen LogP contribution in [0.1, 0.15) is 12.8 Å². The van der Waals surface area contributed by atoms with Crippen molar-refractivity contribution in [3.8, 4) is 0 Å². The number of aliphatic imine (C=N–C) groups is 1. The van der Waals surface area contributed by atoms with E-state index in [1.807, 2.05) is 0 Å². The smallest absolute Gasteiger partial charge is 0.188 e. The van der Waals surface area contributed by atoms with E-state index in [9.17, 15) is 0 Å². The number of nitrogens with zero attached hydrogens (tertiary/aromatic N) is 1. The van der Waals surface area contributed by atoms with E-state index in [1.165, 1.54) is 0 Å². The number of hydrogen-bond donors (Lipinski definition) is 2. The van der Waals surface area contributed by atoms with Gasteiger partial charge in [-0.2, -0.15) is 0 Å². The second kappa shape index (κ2) is 4.18. The number of nitrogens with two attached hydrogens (primary N) is 1. The zero-order valence-corrected chi connectivity index (χ0v) is 6.84. The van der Waals surface area contributed by atoms with Crippen LogP contribution in [0.4, 0.5) is 0 Å². The van der Waals surface area contributed by atoms with E-state index in [1.54, 1.807) is 7.05 Å². The van der Waals surface area contributed by atoms with Crippen LogP contribution in [0.2, 0.25) is 0 Å². The molecule has 1 atom stereocenters. The Hall–Kier alpha value is -0.770. The van der Waals surface area contributed by atoms with E-state index < -0.39 is 0 Å². The molecule has 0 amide bonds. The van der Waals surface area contributed by atoms with Gasteiger partial charge in [0.15, 0.2) is 5.96 Å². The molecule has 1 saturated heterocycles. The van der Waals surface area contributed by atoms with E-state index in [4.69, 9.17) is 10.5 Å². The molecule has 4 heteroatoms. The number of guanidine groups is 1. The lowest BCUT2D eigenvalue weighted by atomic mass is 10.2. The fourth-order valence-corrected chi connectivity index (χ4v) is 1.10. The molecular weight excluding hydrogens is 142 g/mol. The monoisotopic (exact) mass is 157 g/mol. The van der Waals surface area contributed by atoms with Crippen molar-refractivity contribution in [1.82, 2.24) is 5.32 Å². The molecule has 0 radical (unpaired) electrons. The van der Waals surface area contributed by atoms with Crippen molar-refractivity contribution in [2.24, 2.45) is 10.7 Å². The fraction of sp³-hybridized carbons (Fsp3) is 0.857. The first-order valence-corrected chi connectivity index (χ1v) is 3.90. The van der Waals surface area contributed by atoms with Gasteiger partial charge in [-0.15, -0.1) is 0 Å². The molecule has 0 saturated carbocycles. The summed E-state index contributed by atoms with van der Waals surface area (Å²) in [6.45, 7) is 1.67. The van der Waals surface area contributed by atoms with Gasteiger partial charge >= 0.3 is 0 Å². The first kappa shape index (κ1) is 8.33. The molecule has 1 unspecified atom stereocenters. The molecule has 1 rings (SSSR count). The van der Waals surface area contributed by atoms with Gasteiger partial charge in [0.25, 0.3) is 0 Å². The Balaban J connectivity index is 2.11. The third-order valence-electron chi connectivity index (χ3n) is 1.78. The van der Waals surface area contributed by atoms with Gasteiger partial charge in [0.2, 0.25) is 0 Å². The lowest BCUT2D eigenvalue weighted by Crippen LogP contribution is -2.36. The predicted molar refractivity (Wildman–Crippen MR) is 44.5 cm³/mol. The number of hydrogen-bond acceptors (Lipinski definition) is 2. The quantitative estimate of drug-likeness (QED) is 0.427. The van der Waals surface area contributed by atoms with E-state index in [0.29, 0.717) is 12.1 Å². The largest absolute Gasteiger partial charge is 0.376 e. The first-order valence-electron chi connectivity index (χ1n) is 3.90. The number of ether oxygens (including phenoxy) is 1. The molecule has 0 bridgehead atoms. The summed E-state index contributed by atoms with van der Waals surface area (Å²) >= 11 is 0. The second-order valence-electron chi connectivity index (χ2n) is 2.62. The molecule has 0 aromatic carbocycles. The van der Waals surface area contributed by atoms with Gasteiger partial charge in [-0.1, -0.05) is 0 Å². The first-order chi connectivity index (χ1) is 5.33. The van der Waals surface area contributed by atoms with Crippen LogP contribution in [0, 0.1) is 0 Å². The van der Waals surface area contributed by atoms with Crippen LogP contribution in [0.15, 0.2) is 4.99 Å². The maximum Gasteiger partial charge on any atom is 0.188 e. The van der Waals surface area contributed by atoms with Gasteiger partial charge in [0.1, 0.15) is 0 Å². The van der Waals surface area contributed by atoms with Crippen molar-refractivity contribution in [1.29, 1.82) is 0 Å². The van der Waals surface area contributed by atoms with Crippen LogP contribution in [-0.2, 0) is 4.74 Å². The minimum absolute atomic E-state index is 0.329. The molecule has 1 aliphatic heterocycles. The van der Waals surface area contributed by atoms with Crippen molar-refractivity contribution in [3.63, 3.8) is 0 Å². The summed E-state index contributed by atoms with van der Waals surface area (Å²) in [4.78, 5) is 3.78. The summed E-state index contributed by atoms with van der Waals surface area (Å²) < 4.78 is 5.37. The van der Waals surface area contributed by atoms with Crippen LogP contribution in [-0.4, -0.2) is 32.3 Å². The summed E-state index contributed by atoms with van der Waals surface area (Å²) in [5.41, 5.74) is 5.43. The zero-order valence-electron chi connectivity index (χ0n) is 6.84. The third-order valence-corrected chi connectivity index (χ3v) is 1.78. The van der Waals surface area contributed by atoms with Crippen LogP contribution in [0.3, 0.4) is 0 Å². The number of rotatable bonds is 2. The normalized spacial score (nSPS) is 25.5. The van der Waals surface area contributed by atoms with Gasteiger partial charge in [-0.25, -0.2) is 0 Å². The molecule has 4 nitrogen and oxygen atoms in total. The Labute approximate surface area is 66.8 Å². The molecule has 1 heterocycles. The summed E-state index contributed by atoms with van der Waals surface area (Å²) in [5.74, 6) is 0.487. The van der Waals surface area contributed by atoms with Crippen molar-refractivity contribution >= 4 is 5.96 Å². The Morgan fingerprint density at radius 2 is 2.64 bits per heavy atom. The molecule has 0 aliphatic carbocycles. The van der Waals surface area contributed by atoms with Gasteiger partial charge in [0, 0.05) is 20.2 Å². The fourth-order valence-electron chi connectivity index (χ4n) is 1.10. The minimum atomic E-state index is 0.329. The lowest BCUT2D eigenvalue weighted by molar-refractivity contribution is 0.114. The van der Waals surface area contributed by atoms with Crippen molar-refractivity contribution < 1.29 is 4.74 Å². The van der Waals surface area contributed by atoms with E-state index >= 15 is 0 Å². The number of nitrogens with one attached hydrogen (secondary N) is 1. The topological polar surface area (TPSA) is 59.6 Å². The third kappa shape index (κ3) is 2.76. The highest BCUT2D eigenvalue weighted by atomic mass is 16.5. The molecule has 0 aromatic rings. The lowest BCUT2D eigenvalue weighted by Gasteiger charge is -2.10. The molecule has 0 spiro atoms. The SMILES string of the molecule is CN=C(N)NCC1CCCO1. The average molecular weight is 157 g/mol. The molecule has 3 N–H and O–H groups in total. The Kier molecular flexibility index (Phi) is 3.16. The molecule has 64 valence electrons. The summed E-state index contributed by atoms with van der Waals surface area (Å²) in [7, 11) is 1.66. The predicted octanol–water partition coefficient (Wildman–Crippen LogP) is -0.300. The zero-order chi connectivity index (χ0) is 8.10. The molecule has 11 heavy (non-hydrogen) atoms. The van der Waals surface area contributed by atoms with E-state index in [2.05, 4.69) is 10.3 Å². The van der Waals surface area contributed by atoms with Crippen LogP contribution < -0.4 is 11.1 Å². The average Bonchev–Trinajstić information content (AvgIpc) is 2.52. The Morgan fingerprint density at radius 3 is 3.18 bits per heavy atom. The van der Waals surface area contributed by atoms with Gasteiger partial charge in [-0.05, 0) is 12.8 Å². The molecule has 1 aliphatic rings. The second-order valence-corrected chi connectivity index (χ2v) is 2.62. The van der Waals surface area contributed by atoms with Crippen LogP contribution in [0.5, 0.6) is 0 Å². The summed E-state index contributed by atoms with van der Waals surface area (Å²) in [6, 6.07) is 0. The van der Waals surface area contributed by atoms with E-state index in [0.717, 1.165) is 26.0 Å². The summed E-state index contributed by atoms with van der Waals surface area (Å²) in [5, 5.41) is 2.98. The van der Waals surface area contributed by atoms with Gasteiger partial charge < -0.3 is 15.8 Å². The maximum absolute atomic E-state index is 5.43. The van der Waals surface area contributed by atoms with E-state index in [-0.39, 0.29) is 0 Å². The highest BCUT2D eigenvalue weighted by Crippen LogP contribution is 2.10. The Bertz CT molecular complexity index is 141. The van der Waals surface area contributed by atoms with Crippen LogP contribution in [0.25, 0.3) is 0 Å². The highest BCUT2D eigenvalue weighted by molar-refractivity contribution is 5.77. The minimum Gasteiger partial charge on any atom is -0.376 e. The van der Waals surface area contributed by atoms with Crippen molar-refractivity contribution in [3.05, 3.63) is 0 Å². The van der Waals surface area contributed by atoms with Crippen LogP contribution >= 0.6 is 0 Å². The highest BCUT2D eigenvalue weighted by Gasteiger charge is 2.14. The standard InChI is InChI=1S/C7H15N3O/c1-9-7(8)10-5-6-3-2-4-11-6/h6H,2-5H2,1H3,(H3,8,9,10). The van der Waals surface area contributed by atoms with Crippen molar-refractivity contribution in [2.45, 2.75) is 18.9 Å². The van der Waals surface area contributed by atoms with Gasteiger partial charge in [0.05, 0.1) is 6.10 Å². The Morgan fingerprint density at radius 1 is 1.82 bits per heavy atom. The summed E-state index contributed by atoms with van der Waals surface area (Å²) in [6.07, 6.45) is 2.62. The van der Waals surface area contributed by atoms with Crippen molar-refractivity contribution in [2.75, 3.05) is 20.2 Å².